The molecule has 0 aliphatic heterocycles. The van der Waals surface area contributed by atoms with Gasteiger partial charge in [0.15, 0.2) is 5.65 Å². The first-order valence-corrected chi connectivity index (χ1v) is 12.3. The number of anilines is 1. The third kappa shape index (κ3) is 4.94. The van der Waals surface area contributed by atoms with Crippen LogP contribution < -0.4 is 11.1 Å². The van der Waals surface area contributed by atoms with E-state index in [1.165, 1.54) is 12.8 Å². The number of rotatable bonds is 7. The number of halogens is 1. The van der Waals surface area contributed by atoms with Crippen LogP contribution in [0, 0.1) is 11.8 Å². The molecule has 5 rings (SSSR count). The lowest BCUT2D eigenvalue weighted by Gasteiger charge is -2.27. The highest BCUT2D eigenvalue weighted by Crippen LogP contribution is 2.35. The monoisotopic (exact) mass is 497 g/mol. The van der Waals surface area contributed by atoms with Crippen LogP contribution in [-0.4, -0.2) is 47.5 Å². The lowest BCUT2D eigenvalue weighted by Crippen LogP contribution is -2.24. The van der Waals surface area contributed by atoms with Gasteiger partial charge in [-0.1, -0.05) is 43.5 Å². The maximum atomic E-state index is 11.6. The van der Waals surface area contributed by atoms with E-state index in [9.17, 15) is 9.90 Å². The molecule has 184 valence electrons. The molecule has 35 heavy (non-hydrogen) atoms. The van der Waals surface area contributed by atoms with Gasteiger partial charge in [0.1, 0.15) is 11.2 Å². The molecule has 1 aliphatic carbocycles. The molecule has 0 spiro atoms. The molecule has 1 aromatic carbocycles. The number of fused-ring (bicyclic) bond motifs is 1. The van der Waals surface area contributed by atoms with Crippen LogP contribution in [0.2, 0.25) is 5.02 Å². The van der Waals surface area contributed by atoms with Gasteiger partial charge in [-0.3, -0.25) is 0 Å². The minimum atomic E-state index is -0.691. The SMILES string of the molecule is C[C@H](CO)Nc1nc2nc(-c3n[nH]c(=O)o3)nc(-c3cccc(Cl)c3)c2n1C[C@H]1CC[C@H](C)CC1. The van der Waals surface area contributed by atoms with E-state index in [4.69, 9.17) is 26.0 Å². The zero-order chi connectivity index (χ0) is 24.5. The van der Waals surface area contributed by atoms with Gasteiger partial charge in [-0.25, -0.2) is 19.9 Å². The Kier molecular flexibility index (Phi) is 6.57. The summed E-state index contributed by atoms with van der Waals surface area (Å²) in [5, 5.41) is 19.7. The van der Waals surface area contributed by atoms with Gasteiger partial charge in [0.25, 0.3) is 5.89 Å². The third-order valence-electron chi connectivity index (χ3n) is 6.56. The Balaban J connectivity index is 1.71. The molecule has 3 N–H and O–H groups in total. The first-order chi connectivity index (χ1) is 16.9. The van der Waals surface area contributed by atoms with Crippen molar-refractivity contribution in [3.8, 4) is 23.0 Å². The standard InChI is InChI=1S/C24H28ClN7O3/c1-13-6-8-15(9-7-13)11-32-19-18(16-4-3-5-17(25)10-16)27-21(22-30-31-24(34)35-22)28-20(19)29-23(32)26-14(2)12-33/h3-5,10,13-15,33H,6-9,11-12H2,1-2H3,(H,31,34)(H,26,27,28,29)/t13-,14-,15-/m1/s1. The van der Waals surface area contributed by atoms with Crippen molar-refractivity contribution in [2.24, 2.45) is 11.8 Å². The molecule has 11 heteroatoms. The van der Waals surface area contributed by atoms with Gasteiger partial charge in [0, 0.05) is 23.2 Å². The molecule has 0 bridgehead atoms. The minimum Gasteiger partial charge on any atom is -0.394 e. The topological polar surface area (TPSA) is 135 Å². The van der Waals surface area contributed by atoms with Crippen LogP contribution in [0.25, 0.3) is 34.1 Å². The highest BCUT2D eigenvalue weighted by atomic mass is 35.5. The Labute approximate surface area is 206 Å². The molecular formula is C24H28ClN7O3. The molecule has 0 unspecified atom stereocenters. The average molecular weight is 498 g/mol. The van der Waals surface area contributed by atoms with Crippen molar-refractivity contribution in [1.29, 1.82) is 0 Å². The van der Waals surface area contributed by atoms with Gasteiger partial charge in [-0.05, 0) is 43.7 Å². The number of benzene rings is 1. The first kappa shape index (κ1) is 23.5. The molecule has 3 heterocycles. The minimum absolute atomic E-state index is 0.0192. The summed E-state index contributed by atoms with van der Waals surface area (Å²) < 4.78 is 7.24. The lowest BCUT2D eigenvalue weighted by atomic mass is 9.83. The number of H-pyrrole nitrogens is 1. The Hall–Kier alpha value is -3.24. The lowest BCUT2D eigenvalue weighted by molar-refractivity contribution is 0.265. The molecule has 3 aromatic heterocycles. The summed E-state index contributed by atoms with van der Waals surface area (Å²) in [6, 6.07) is 7.20. The fourth-order valence-electron chi connectivity index (χ4n) is 4.62. The molecule has 1 saturated carbocycles. The number of hydrogen-bond donors (Lipinski definition) is 3. The van der Waals surface area contributed by atoms with E-state index in [0.717, 1.165) is 36.4 Å². The first-order valence-electron chi connectivity index (χ1n) is 11.9. The van der Waals surface area contributed by atoms with Gasteiger partial charge in [0.2, 0.25) is 11.8 Å². The van der Waals surface area contributed by atoms with Crippen LogP contribution in [0.4, 0.5) is 5.95 Å². The number of aromatic nitrogens is 6. The molecule has 10 nitrogen and oxygen atoms in total. The summed E-state index contributed by atoms with van der Waals surface area (Å²) in [4.78, 5) is 25.7. The predicted molar refractivity (Wildman–Crippen MR) is 133 cm³/mol. The molecule has 4 aromatic rings. The average Bonchev–Trinajstić information content (AvgIpc) is 3.43. The summed E-state index contributed by atoms with van der Waals surface area (Å²) in [7, 11) is 0. The molecule has 1 fully saturated rings. The number of imidazole rings is 1. The molecule has 0 radical (unpaired) electrons. The molecule has 0 saturated heterocycles. The molecular weight excluding hydrogens is 470 g/mol. The zero-order valence-corrected chi connectivity index (χ0v) is 20.4. The quantitative estimate of drug-likeness (QED) is 0.347. The van der Waals surface area contributed by atoms with E-state index < -0.39 is 5.76 Å². The van der Waals surface area contributed by atoms with E-state index in [2.05, 4.69) is 32.0 Å². The number of nitrogens with one attached hydrogen (secondary N) is 2. The van der Waals surface area contributed by atoms with Crippen molar-refractivity contribution < 1.29 is 9.52 Å². The summed E-state index contributed by atoms with van der Waals surface area (Å²) in [6.45, 7) is 4.90. The summed E-state index contributed by atoms with van der Waals surface area (Å²) in [6.07, 6.45) is 4.68. The van der Waals surface area contributed by atoms with Crippen molar-refractivity contribution >= 4 is 28.7 Å². The fraction of sp³-hybridized carbons (Fsp3) is 0.458. The van der Waals surface area contributed by atoms with Crippen molar-refractivity contribution in [3.05, 3.63) is 39.8 Å². The number of aromatic amines is 1. The van der Waals surface area contributed by atoms with E-state index in [1.807, 2.05) is 25.1 Å². The van der Waals surface area contributed by atoms with Crippen LogP contribution in [0.5, 0.6) is 0 Å². The van der Waals surface area contributed by atoms with Crippen molar-refractivity contribution in [3.63, 3.8) is 0 Å². The molecule has 1 aliphatic rings. The van der Waals surface area contributed by atoms with Gasteiger partial charge in [-0.15, -0.1) is 5.10 Å². The summed E-state index contributed by atoms with van der Waals surface area (Å²) in [5.41, 5.74) is 2.58. The second kappa shape index (κ2) is 9.79. The number of hydrogen-bond acceptors (Lipinski definition) is 8. The Morgan fingerprint density at radius 3 is 2.74 bits per heavy atom. The summed E-state index contributed by atoms with van der Waals surface area (Å²) >= 11 is 6.32. The number of aliphatic hydroxyl groups excluding tert-OH is 1. The van der Waals surface area contributed by atoms with Crippen LogP contribution in [-0.2, 0) is 6.54 Å². The normalized spacial score (nSPS) is 19.2. The van der Waals surface area contributed by atoms with Crippen LogP contribution in [0.15, 0.2) is 33.5 Å². The molecule has 1 atom stereocenters. The smallest absolute Gasteiger partial charge is 0.394 e. The van der Waals surface area contributed by atoms with Crippen LogP contribution in [0.1, 0.15) is 39.5 Å². The predicted octanol–water partition coefficient (Wildman–Crippen LogP) is 4.11. The van der Waals surface area contributed by atoms with Crippen molar-refractivity contribution in [2.75, 3.05) is 11.9 Å². The Bertz CT molecular complexity index is 1390. The zero-order valence-electron chi connectivity index (χ0n) is 19.7. The summed E-state index contributed by atoms with van der Waals surface area (Å²) in [5.74, 6) is 1.28. The number of nitrogens with zero attached hydrogens (tertiary/aromatic N) is 5. The maximum absolute atomic E-state index is 11.6. The van der Waals surface area contributed by atoms with Gasteiger partial charge in [0.05, 0.1) is 6.61 Å². The third-order valence-corrected chi connectivity index (χ3v) is 6.79. The second-order valence-corrected chi connectivity index (χ2v) is 9.83. The highest BCUT2D eigenvalue weighted by Gasteiger charge is 2.26. The van der Waals surface area contributed by atoms with Crippen molar-refractivity contribution in [2.45, 2.75) is 52.1 Å². The van der Waals surface area contributed by atoms with Gasteiger partial charge in [-0.2, -0.15) is 4.98 Å². The van der Waals surface area contributed by atoms with Crippen LogP contribution in [0.3, 0.4) is 0 Å². The maximum Gasteiger partial charge on any atom is 0.434 e. The van der Waals surface area contributed by atoms with E-state index >= 15 is 0 Å². The highest BCUT2D eigenvalue weighted by molar-refractivity contribution is 6.30. The van der Waals surface area contributed by atoms with E-state index in [0.29, 0.717) is 28.2 Å². The van der Waals surface area contributed by atoms with Gasteiger partial charge < -0.3 is 19.4 Å². The van der Waals surface area contributed by atoms with Gasteiger partial charge >= 0.3 is 5.76 Å². The Morgan fingerprint density at radius 2 is 2.06 bits per heavy atom. The van der Waals surface area contributed by atoms with Crippen molar-refractivity contribution in [1.82, 2.24) is 29.7 Å². The molecule has 0 amide bonds. The fourth-order valence-corrected chi connectivity index (χ4v) is 4.81. The number of aliphatic hydroxyl groups is 1. The van der Waals surface area contributed by atoms with E-state index in [-0.39, 0.29) is 24.4 Å². The second-order valence-electron chi connectivity index (χ2n) is 9.40. The van der Waals surface area contributed by atoms with E-state index in [1.54, 1.807) is 6.07 Å². The largest absolute Gasteiger partial charge is 0.434 e. The Morgan fingerprint density at radius 1 is 1.26 bits per heavy atom. The van der Waals surface area contributed by atoms with Crippen LogP contribution >= 0.6 is 11.6 Å².